The third-order valence-corrected chi connectivity index (χ3v) is 5.92. The quantitative estimate of drug-likeness (QED) is 0.786. The lowest BCUT2D eigenvalue weighted by atomic mass is 9.89. The lowest BCUT2D eigenvalue weighted by Gasteiger charge is -2.23. The van der Waals surface area contributed by atoms with Gasteiger partial charge in [0.05, 0.1) is 0 Å². The highest BCUT2D eigenvalue weighted by Gasteiger charge is 2.49. The number of benzene rings is 2. The molecule has 1 saturated heterocycles. The molecule has 1 atom stereocenters. The van der Waals surface area contributed by atoms with Crippen LogP contribution in [0.25, 0.3) is 0 Å². The number of carbonyl (C=O) groups is 3. The first kappa shape index (κ1) is 19.2. The Morgan fingerprint density at radius 3 is 2.66 bits per heavy atom. The molecule has 0 unspecified atom stereocenters. The first-order valence-electron chi connectivity index (χ1n) is 9.91. The van der Waals surface area contributed by atoms with Gasteiger partial charge < -0.3 is 10.6 Å². The van der Waals surface area contributed by atoms with Crippen LogP contribution in [0.5, 0.6) is 0 Å². The molecular weight excluding hydrogens is 366 g/mol. The third kappa shape index (κ3) is 3.39. The van der Waals surface area contributed by atoms with E-state index in [0.29, 0.717) is 5.69 Å². The summed E-state index contributed by atoms with van der Waals surface area (Å²) in [7, 11) is 0. The molecule has 4 rings (SSSR count). The zero-order chi connectivity index (χ0) is 20.8. The van der Waals surface area contributed by atoms with E-state index >= 15 is 0 Å². The largest absolute Gasteiger partial charge is 0.325 e. The van der Waals surface area contributed by atoms with Gasteiger partial charge in [-0.25, -0.2) is 4.79 Å². The van der Waals surface area contributed by atoms with Crippen LogP contribution in [0.15, 0.2) is 36.4 Å². The molecule has 0 saturated carbocycles. The van der Waals surface area contributed by atoms with Gasteiger partial charge in [0.2, 0.25) is 5.91 Å². The van der Waals surface area contributed by atoms with Crippen molar-refractivity contribution < 1.29 is 14.4 Å². The maximum Gasteiger partial charge on any atom is 0.325 e. The highest BCUT2D eigenvalue weighted by molar-refractivity contribution is 6.10. The van der Waals surface area contributed by atoms with E-state index in [1.807, 2.05) is 50.2 Å². The Bertz CT molecular complexity index is 1030. The highest BCUT2D eigenvalue weighted by Crippen LogP contribution is 2.32. The van der Waals surface area contributed by atoms with E-state index < -0.39 is 23.4 Å². The molecule has 1 heterocycles. The monoisotopic (exact) mass is 391 g/mol. The van der Waals surface area contributed by atoms with Gasteiger partial charge in [-0.2, -0.15) is 0 Å². The van der Waals surface area contributed by atoms with Crippen molar-refractivity contribution in [2.45, 2.75) is 45.6 Å². The van der Waals surface area contributed by atoms with E-state index in [1.54, 1.807) is 6.92 Å². The molecule has 0 spiro atoms. The Morgan fingerprint density at radius 2 is 1.86 bits per heavy atom. The Hall–Kier alpha value is -3.15. The standard InChI is InChI=1S/C23H25N3O3/c1-14-7-8-15(2)19(11-14)24-20(27)13-26-21(28)23(3,25-22(26)29)18-10-9-16-5-4-6-17(16)12-18/h7-12H,4-6,13H2,1-3H3,(H,24,27)(H,25,29)/t23-/m1/s1. The van der Waals surface area contributed by atoms with Crippen molar-refractivity contribution in [3.05, 3.63) is 64.2 Å². The van der Waals surface area contributed by atoms with Crippen molar-refractivity contribution in [3.8, 4) is 0 Å². The molecule has 2 aromatic carbocycles. The summed E-state index contributed by atoms with van der Waals surface area (Å²) in [5, 5.41) is 5.59. The number of nitrogens with zero attached hydrogens (tertiary/aromatic N) is 1. The molecule has 2 aromatic rings. The molecule has 1 fully saturated rings. The van der Waals surface area contributed by atoms with Crippen molar-refractivity contribution in [2.24, 2.45) is 0 Å². The summed E-state index contributed by atoms with van der Waals surface area (Å²) in [5.74, 6) is -0.808. The van der Waals surface area contributed by atoms with Crippen molar-refractivity contribution in [3.63, 3.8) is 0 Å². The molecule has 0 bridgehead atoms. The fourth-order valence-electron chi connectivity index (χ4n) is 4.12. The van der Waals surface area contributed by atoms with E-state index in [-0.39, 0.29) is 6.54 Å². The first-order valence-corrected chi connectivity index (χ1v) is 9.91. The van der Waals surface area contributed by atoms with Gasteiger partial charge in [0.15, 0.2) is 0 Å². The van der Waals surface area contributed by atoms with Gasteiger partial charge in [-0.05, 0) is 73.9 Å². The first-order chi connectivity index (χ1) is 13.8. The number of rotatable bonds is 4. The summed E-state index contributed by atoms with van der Waals surface area (Å²) in [6, 6.07) is 11.2. The molecule has 6 nitrogen and oxygen atoms in total. The van der Waals surface area contributed by atoms with Crippen molar-refractivity contribution >= 4 is 23.5 Å². The van der Waals surface area contributed by atoms with Gasteiger partial charge in [-0.1, -0.05) is 30.3 Å². The van der Waals surface area contributed by atoms with Gasteiger partial charge in [-0.15, -0.1) is 0 Å². The summed E-state index contributed by atoms with van der Waals surface area (Å²) >= 11 is 0. The zero-order valence-electron chi connectivity index (χ0n) is 17.0. The number of amides is 4. The van der Waals surface area contributed by atoms with E-state index in [0.717, 1.165) is 40.9 Å². The number of anilines is 1. The van der Waals surface area contributed by atoms with Crippen LogP contribution in [-0.4, -0.2) is 29.3 Å². The number of fused-ring (bicyclic) bond motifs is 1. The minimum Gasteiger partial charge on any atom is -0.324 e. The molecule has 2 aliphatic rings. The Balaban J connectivity index is 1.52. The van der Waals surface area contributed by atoms with Gasteiger partial charge >= 0.3 is 6.03 Å². The predicted molar refractivity (Wildman–Crippen MR) is 111 cm³/mol. The number of aryl methyl sites for hydroxylation is 4. The SMILES string of the molecule is Cc1ccc(C)c(NC(=O)CN2C(=O)N[C@](C)(c3ccc4c(c3)CCC4)C2=O)c1. The molecule has 0 aromatic heterocycles. The summed E-state index contributed by atoms with van der Waals surface area (Å²) in [6.07, 6.45) is 3.15. The molecule has 150 valence electrons. The Labute approximate surface area is 170 Å². The van der Waals surface area contributed by atoms with Crippen LogP contribution in [0.1, 0.15) is 41.2 Å². The fraction of sp³-hybridized carbons (Fsp3) is 0.348. The van der Waals surface area contributed by atoms with E-state index in [4.69, 9.17) is 0 Å². The second-order valence-corrected chi connectivity index (χ2v) is 8.15. The summed E-state index contributed by atoms with van der Waals surface area (Å²) < 4.78 is 0. The van der Waals surface area contributed by atoms with Crippen molar-refractivity contribution in [1.29, 1.82) is 0 Å². The number of carbonyl (C=O) groups excluding carboxylic acids is 3. The topological polar surface area (TPSA) is 78.5 Å². The normalized spacial score (nSPS) is 20.6. The van der Waals surface area contributed by atoms with Crippen LogP contribution in [0.3, 0.4) is 0 Å². The average Bonchev–Trinajstić information content (AvgIpc) is 3.23. The molecule has 0 radical (unpaired) electrons. The van der Waals surface area contributed by atoms with Crippen molar-refractivity contribution in [2.75, 3.05) is 11.9 Å². The fourth-order valence-corrected chi connectivity index (χ4v) is 4.12. The molecule has 1 aliphatic heterocycles. The van der Waals surface area contributed by atoms with Crippen LogP contribution in [0, 0.1) is 13.8 Å². The maximum absolute atomic E-state index is 13.1. The second kappa shape index (κ2) is 7.03. The van der Waals surface area contributed by atoms with Crippen LogP contribution < -0.4 is 10.6 Å². The number of hydrogen-bond acceptors (Lipinski definition) is 3. The third-order valence-electron chi connectivity index (χ3n) is 5.92. The van der Waals surface area contributed by atoms with E-state index in [9.17, 15) is 14.4 Å². The molecule has 4 amide bonds. The maximum atomic E-state index is 13.1. The van der Waals surface area contributed by atoms with E-state index in [2.05, 4.69) is 10.6 Å². The summed E-state index contributed by atoms with van der Waals surface area (Å²) in [5.41, 5.74) is 4.76. The Kier molecular flexibility index (Phi) is 4.65. The molecule has 2 N–H and O–H groups in total. The molecule has 1 aliphatic carbocycles. The molecular formula is C23H25N3O3. The van der Waals surface area contributed by atoms with Crippen LogP contribution >= 0.6 is 0 Å². The summed E-state index contributed by atoms with van der Waals surface area (Å²) in [4.78, 5) is 39.2. The smallest absolute Gasteiger partial charge is 0.324 e. The van der Waals surface area contributed by atoms with Gasteiger partial charge in [0.1, 0.15) is 12.1 Å². The predicted octanol–water partition coefficient (Wildman–Crippen LogP) is 3.20. The second-order valence-electron chi connectivity index (χ2n) is 8.15. The number of urea groups is 1. The number of imide groups is 1. The number of nitrogens with one attached hydrogen (secondary N) is 2. The van der Waals surface area contributed by atoms with Gasteiger partial charge in [-0.3, -0.25) is 14.5 Å². The minimum atomic E-state index is -1.16. The summed E-state index contributed by atoms with van der Waals surface area (Å²) in [6.45, 7) is 5.22. The average molecular weight is 391 g/mol. The molecule has 29 heavy (non-hydrogen) atoms. The lowest BCUT2D eigenvalue weighted by Crippen LogP contribution is -2.42. The lowest BCUT2D eigenvalue weighted by molar-refractivity contribution is -0.133. The van der Waals surface area contributed by atoms with Crippen LogP contribution in [0.4, 0.5) is 10.5 Å². The van der Waals surface area contributed by atoms with Crippen LogP contribution in [-0.2, 0) is 28.0 Å². The van der Waals surface area contributed by atoms with Crippen LogP contribution in [0.2, 0.25) is 0 Å². The zero-order valence-corrected chi connectivity index (χ0v) is 17.0. The number of hydrogen-bond donors (Lipinski definition) is 2. The van der Waals surface area contributed by atoms with Crippen molar-refractivity contribution in [1.82, 2.24) is 10.2 Å². The van der Waals surface area contributed by atoms with Gasteiger partial charge in [0, 0.05) is 5.69 Å². The van der Waals surface area contributed by atoms with E-state index in [1.165, 1.54) is 11.1 Å². The minimum absolute atomic E-state index is 0.321. The Morgan fingerprint density at radius 1 is 1.10 bits per heavy atom. The molecule has 6 heteroatoms. The highest BCUT2D eigenvalue weighted by atomic mass is 16.2. The van der Waals surface area contributed by atoms with Gasteiger partial charge in [0.25, 0.3) is 5.91 Å².